The van der Waals surface area contributed by atoms with Gasteiger partial charge in [0, 0.05) is 11.6 Å². The first-order valence-corrected chi connectivity index (χ1v) is 9.89. The van der Waals surface area contributed by atoms with Gasteiger partial charge >= 0.3 is 6.92 Å². The fourth-order valence-corrected chi connectivity index (χ4v) is 5.32. The molecule has 0 atom stereocenters. The predicted molar refractivity (Wildman–Crippen MR) is 115 cm³/mol. The molecule has 0 saturated carbocycles. The molecule has 0 aliphatic heterocycles. The highest BCUT2D eigenvalue weighted by Gasteiger charge is 2.44. The van der Waals surface area contributed by atoms with Crippen molar-refractivity contribution in [3.05, 3.63) is 119 Å². The van der Waals surface area contributed by atoms with E-state index in [1.165, 1.54) is 44.5 Å². The van der Waals surface area contributed by atoms with Crippen LogP contribution in [0.15, 0.2) is 97.1 Å². The molecular formula is C26H19BO. The fraction of sp³-hybridized carbons (Fsp3) is 0.0769. The smallest absolute Gasteiger partial charge is 0.313 e. The molecule has 132 valence electrons. The van der Waals surface area contributed by atoms with Crippen molar-refractivity contribution >= 4 is 6.92 Å². The van der Waals surface area contributed by atoms with E-state index in [1.807, 2.05) is 0 Å². The summed E-state index contributed by atoms with van der Waals surface area (Å²) in [5, 5.41) is 11.8. The van der Waals surface area contributed by atoms with Gasteiger partial charge in [0.25, 0.3) is 0 Å². The van der Waals surface area contributed by atoms with Crippen LogP contribution in [0.25, 0.3) is 22.3 Å². The van der Waals surface area contributed by atoms with Crippen molar-refractivity contribution < 1.29 is 5.02 Å². The zero-order chi connectivity index (χ0) is 18.7. The van der Waals surface area contributed by atoms with Crippen LogP contribution >= 0.6 is 0 Å². The van der Waals surface area contributed by atoms with E-state index in [4.69, 9.17) is 0 Å². The quantitative estimate of drug-likeness (QED) is 0.458. The molecular weight excluding hydrogens is 339 g/mol. The van der Waals surface area contributed by atoms with Crippen LogP contribution in [-0.4, -0.2) is 11.9 Å². The summed E-state index contributed by atoms with van der Waals surface area (Å²) in [6.45, 7) is -0.519. The van der Waals surface area contributed by atoms with E-state index in [1.54, 1.807) is 0 Å². The maximum atomic E-state index is 11.8. The van der Waals surface area contributed by atoms with Gasteiger partial charge in [0.15, 0.2) is 0 Å². The molecule has 6 rings (SSSR count). The summed E-state index contributed by atoms with van der Waals surface area (Å²) in [6.07, 6.45) is 0. The van der Waals surface area contributed by atoms with Gasteiger partial charge in [0.05, 0.1) is 0 Å². The summed E-state index contributed by atoms with van der Waals surface area (Å²) in [7, 11) is 0. The summed E-state index contributed by atoms with van der Waals surface area (Å²) in [4.78, 5) is 0. The van der Waals surface area contributed by atoms with Gasteiger partial charge in [-0.15, -0.1) is 0 Å². The molecule has 2 aliphatic rings. The van der Waals surface area contributed by atoms with Crippen molar-refractivity contribution in [3.8, 4) is 22.3 Å². The topological polar surface area (TPSA) is 20.2 Å². The molecule has 0 aromatic heterocycles. The molecule has 4 aromatic carbocycles. The molecule has 0 fully saturated rings. The SMILES string of the molecule is OB(C1c2ccccc2-c2ccccc21)C1c2ccccc2-c2ccccc21. The van der Waals surface area contributed by atoms with Gasteiger partial charge in [-0.05, 0) is 44.5 Å². The van der Waals surface area contributed by atoms with Crippen LogP contribution in [0.1, 0.15) is 33.9 Å². The Morgan fingerprint density at radius 1 is 0.429 bits per heavy atom. The van der Waals surface area contributed by atoms with E-state index in [-0.39, 0.29) is 11.6 Å². The Hall–Kier alpha value is -3.10. The van der Waals surface area contributed by atoms with Gasteiger partial charge in [0.1, 0.15) is 0 Å². The summed E-state index contributed by atoms with van der Waals surface area (Å²) in [5.74, 6) is -0.0341. The lowest BCUT2D eigenvalue weighted by molar-refractivity contribution is 0.547. The second kappa shape index (κ2) is 5.95. The van der Waals surface area contributed by atoms with Gasteiger partial charge < -0.3 is 5.02 Å². The highest BCUT2D eigenvalue weighted by molar-refractivity contribution is 6.57. The second-order valence-electron chi connectivity index (χ2n) is 7.79. The van der Waals surface area contributed by atoms with E-state index in [2.05, 4.69) is 97.1 Å². The lowest BCUT2D eigenvalue weighted by Crippen LogP contribution is -2.31. The van der Waals surface area contributed by atoms with Gasteiger partial charge in [-0.3, -0.25) is 0 Å². The number of rotatable bonds is 2. The van der Waals surface area contributed by atoms with Crippen LogP contribution in [0, 0.1) is 0 Å². The maximum Gasteiger partial charge on any atom is 0.313 e. The minimum atomic E-state index is -0.519. The monoisotopic (exact) mass is 358 g/mol. The molecule has 0 heterocycles. The highest BCUT2D eigenvalue weighted by atomic mass is 16.2. The predicted octanol–water partition coefficient (Wildman–Crippen LogP) is 5.67. The lowest BCUT2D eigenvalue weighted by atomic mass is 9.43. The van der Waals surface area contributed by atoms with Crippen molar-refractivity contribution in [2.45, 2.75) is 11.6 Å². The third kappa shape index (κ3) is 2.07. The largest absolute Gasteiger partial charge is 0.449 e. The third-order valence-electron chi connectivity index (χ3n) is 6.45. The number of benzene rings is 4. The molecule has 1 N–H and O–H groups in total. The van der Waals surface area contributed by atoms with E-state index < -0.39 is 6.92 Å². The van der Waals surface area contributed by atoms with Gasteiger partial charge in [-0.2, -0.15) is 0 Å². The van der Waals surface area contributed by atoms with E-state index >= 15 is 0 Å². The van der Waals surface area contributed by atoms with Crippen molar-refractivity contribution in [2.75, 3.05) is 0 Å². The summed E-state index contributed by atoms with van der Waals surface area (Å²) in [5.41, 5.74) is 9.94. The number of fused-ring (bicyclic) bond motifs is 6. The first-order valence-electron chi connectivity index (χ1n) is 9.89. The minimum absolute atomic E-state index is 0.0170. The molecule has 0 saturated heterocycles. The van der Waals surface area contributed by atoms with Crippen LogP contribution in [0.4, 0.5) is 0 Å². The number of hydrogen-bond donors (Lipinski definition) is 1. The lowest BCUT2D eigenvalue weighted by Gasteiger charge is -2.24. The zero-order valence-electron chi connectivity index (χ0n) is 15.4. The maximum absolute atomic E-state index is 11.8. The summed E-state index contributed by atoms with van der Waals surface area (Å²) in [6, 6.07) is 34.1. The zero-order valence-corrected chi connectivity index (χ0v) is 15.4. The molecule has 28 heavy (non-hydrogen) atoms. The molecule has 0 amide bonds. The molecule has 2 heteroatoms. The molecule has 2 aliphatic carbocycles. The van der Waals surface area contributed by atoms with E-state index in [0.717, 1.165) is 0 Å². The average Bonchev–Trinajstić information content (AvgIpc) is 3.27. The molecule has 0 radical (unpaired) electrons. The van der Waals surface area contributed by atoms with Gasteiger partial charge in [0.2, 0.25) is 0 Å². The van der Waals surface area contributed by atoms with E-state index in [0.29, 0.717) is 0 Å². The average molecular weight is 358 g/mol. The van der Waals surface area contributed by atoms with Crippen LogP contribution in [0.5, 0.6) is 0 Å². The number of hydrogen-bond acceptors (Lipinski definition) is 1. The van der Waals surface area contributed by atoms with E-state index in [9.17, 15) is 5.02 Å². The Bertz CT molecular complexity index is 1030. The standard InChI is InChI=1S/C26H19BO/c28-27(25-21-13-5-1-9-17(21)18-10-2-6-14-22(18)25)26-23-15-7-3-11-19(23)20-12-4-8-16-24(20)26/h1-16,25-26,28H. The normalized spacial score (nSPS) is 14.3. The van der Waals surface area contributed by atoms with Crippen molar-refractivity contribution in [1.29, 1.82) is 0 Å². The molecule has 0 bridgehead atoms. The van der Waals surface area contributed by atoms with Crippen molar-refractivity contribution in [3.63, 3.8) is 0 Å². The van der Waals surface area contributed by atoms with Crippen LogP contribution in [0.2, 0.25) is 0 Å². The third-order valence-corrected chi connectivity index (χ3v) is 6.45. The fourth-order valence-electron chi connectivity index (χ4n) is 5.32. The van der Waals surface area contributed by atoms with Crippen molar-refractivity contribution in [2.24, 2.45) is 0 Å². The summed E-state index contributed by atoms with van der Waals surface area (Å²) < 4.78 is 0. The first-order chi connectivity index (χ1) is 13.8. The molecule has 4 aromatic rings. The summed E-state index contributed by atoms with van der Waals surface area (Å²) >= 11 is 0. The van der Waals surface area contributed by atoms with Gasteiger partial charge in [-0.25, -0.2) is 0 Å². The molecule has 0 spiro atoms. The molecule has 0 unspecified atom stereocenters. The van der Waals surface area contributed by atoms with Gasteiger partial charge in [-0.1, -0.05) is 97.1 Å². The van der Waals surface area contributed by atoms with Crippen LogP contribution < -0.4 is 0 Å². The molecule has 1 nitrogen and oxygen atoms in total. The Morgan fingerprint density at radius 2 is 0.679 bits per heavy atom. The minimum Gasteiger partial charge on any atom is -0.449 e. The van der Waals surface area contributed by atoms with Crippen LogP contribution in [0.3, 0.4) is 0 Å². The Balaban J connectivity index is 1.56. The Kier molecular flexibility index (Phi) is 3.38. The van der Waals surface area contributed by atoms with Crippen molar-refractivity contribution in [1.82, 2.24) is 0 Å². The Labute approximate surface area is 165 Å². The van der Waals surface area contributed by atoms with Crippen LogP contribution in [-0.2, 0) is 0 Å². The second-order valence-corrected chi connectivity index (χ2v) is 7.79. The Morgan fingerprint density at radius 3 is 0.964 bits per heavy atom. The highest BCUT2D eigenvalue weighted by Crippen LogP contribution is 2.52. The first kappa shape index (κ1) is 15.9.